The Bertz CT molecular complexity index is 1460. The van der Waals surface area contributed by atoms with Crippen molar-refractivity contribution < 1.29 is 38.0 Å². The van der Waals surface area contributed by atoms with Gasteiger partial charge >= 0.3 is 23.7 Å². The molecule has 3 amide bonds. The van der Waals surface area contributed by atoms with Gasteiger partial charge in [-0.3, -0.25) is 19.8 Å². The molecule has 1 fully saturated rings. The molecule has 2 heterocycles. The van der Waals surface area contributed by atoms with E-state index in [4.69, 9.17) is 9.15 Å². The monoisotopic (exact) mass is 569 g/mol. The first kappa shape index (κ1) is 25.3. The number of urea groups is 1. The third-order valence-electron chi connectivity index (χ3n) is 5.12. The van der Waals surface area contributed by atoms with Gasteiger partial charge in [-0.2, -0.15) is 0 Å². The maximum Gasteiger partial charge on any atom is 0.373 e. The Hall–Kier alpha value is -4.78. The fourth-order valence-electron chi connectivity index (χ4n) is 3.35. The van der Waals surface area contributed by atoms with E-state index < -0.39 is 40.2 Å². The van der Waals surface area contributed by atoms with E-state index in [9.17, 15) is 29.3 Å². The Morgan fingerprint density at radius 3 is 2.51 bits per heavy atom. The van der Waals surface area contributed by atoms with Gasteiger partial charge in [0, 0.05) is 16.1 Å². The summed E-state index contributed by atoms with van der Waals surface area (Å²) in [6, 6.07) is 12.0. The molecule has 37 heavy (non-hydrogen) atoms. The molecule has 13 heteroatoms. The molecule has 188 valence electrons. The van der Waals surface area contributed by atoms with E-state index in [1.807, 2.05) is 0 Å². The third kappa shape index (κ3) is 5.41. The van der Waals surface area contributed by atoms with Gasteiger partial charge in [-0.05, 0) is 42.5 Å². The molecule has 0 spiro atoms. The Balaban J connectivity index is 1.62. The lowest BCUT2D eigenvalue weighted by atomic mass is 10.1. The summed E-state index contributed by atoms with van der Waals surface area (Å²) in [7, 11) is 1.18. The molecular weight excluding hydrogens is 554 g/mol. The molecule has 1 aliphatic heterocycles. The van der Waals surface area contributed by atoms with Crippen molar-refractivity contribution >= 4 is 51.6 Å². The van der Waals surface area contributed by atoms with Crippen LogP contribution in [0.3, 0.4) is 0 Å². The normalized spacial score (nSPS) is 14.0. The number of furan rings is 1. The molecule has 0 aliphatic carbocycles. The molecule has 1 aliphatic rings. The second-order valence-corrected chi connectivity index (χ2v) is 8.40. The van der Waals surface area contributed by atoms with Crippen LogP contribution in [0.1, 0.15) is 32.2 Å². The number of nitrogens with one attached hydrogen (secondary N) is 1. The molecule has 0 radical (unpaired) electrons. The highest BCUT2D eigenvalue weighted by atomic mass is 79.9. The summed E-state index contributed by atoms with van der Waals surface area (Å²) in [5.41, 5.74) is -0.581. The van der Waals surface area contributed by atoms with Gasteiger partial charge < -0.3 is 19.2 Å². The maximum atomic E-state index is 12.9. The number of hydrogen-bond acceptors (Lipinski definition) is 9. The van der Waals surface area contributed by atoms with Gasteiger partial charge in [0.1, 0.15) is 11.5 Å². The van der Waals surface area contributed by atoms with Crippen molar-refractivity contribution in [1.82, 2.24) is 10.2 Å². The van der Waals surface area contributed by atoms with Crippen LogP contribution in [0.2, 0.25) is 0 Å². The summed E-state index contributed by atoms with van der Waals surface area (Å²) in [5.74, 6) is -2.71. The highest BCUT2D eigenvalue weighted by Gasteiger charge is 2.35. The molecule has 0 atom stereocenters. The SMILES string of the molecule is COC(=O)c1ccc(CN2C(=O)N/C(=C\c3cccc([N+](=O)[O-])c3OC(=O)c3ccc(Br)cc3)C2=O)o1. The molecule has 4 rings (SSSR count). The minimum Gasteiger partial charge on any atom is -0.463 e. The standard InChI is InChI=1S/C24H16BrN3O9/c1-35-23(31)19-10-9-16(36-19)12-27-21(29)17(26-24(27)32)11-14-3-2-4-18(28(33)34)20(14)37-22(30)13-5-7-15(25)8-6-13/h2-11H,12H2,1H3,(H,26,32)/b17-11-. The molecule has 3 aromatic rings. The Kier molecular flexibility index (Phi) is 7.15. The Labute approximate surface area is 216 Å². The quantitative estimate of drug-likeness (QED) is 0.110. The van der Waals surface area contributed by atoms with Crippen LogP contribution in [-0.4, -0.2) is 40.8 Å². The number of nitro benzene ring substituents is 1. The number of benzene rings is 2. The summed E-state index contributed by atoms with van der Waals surface area (Å²) in [4.78, 5) is 61.3. The number of methoxy groups -OCH3 is 1. The van der Waals surface area contributed by atoms with Crippen molar-refractivity contribution in [2.75, 3.05) is 7.11 Å². The summed E-state index contributed by atoms with van der Waals surface area (Å²) in [6.45, 7) is -0.292. The fourth-order valence-corrected chi connectivity index (χ4v) is 3.61. The fraction of sp³-hybridized carbons (Fsp3) is 0.0833. The first-order valence-corrected chi connectivity index (χ1v) is 11.2. The summed E-state index contributed by atoms with van der Waals surface area (Å²) >= 11 is 3.25. The van der Waals surface area contributed by atoms with E-state index >= 15 is 0 Å². The van der Waals surface area contributed by atoms with Gasteiger partial charge in [0.05, 0.1) is 24.1 Å². The lowest BCUT2D eigenvalue weighted by molar-refractivity contribution is -0.385. The second kappa shape index (κ2) is 10.5. The maximum absolute atomic E-state index is 12.9. The number of carbonyl (C=O) groups is 4. The summed E-state index contributed by atoms with van der Waals surface area (Å²) < 4.78 is 15.9. The number of nitrogens with zero attached hydrogens (tertiary/aromatic N) is 2. The highest BCUT2D eigenvalue weighted by molar-refractivity contribution is 9.10. The van der Waals surface area contributed by atoms with Gasteiger partial charge in [0.15, 0.2) is 0 Å². The van der Waals surface area contributed by atoms with Gasteiger partial charge in [-0.15, -0.1) is 0 Å². The van der Waals surface area contributed by atoms with Gasteiger partial charge in [0.2, 0.25) is 11.5 Å². The van der Waals surface area contributed by atoms with Crippen LogP contribution in [0.25, 0.3) is 6.08 Å². The topological polar surface area (TPSA) is 158 Å². The summed E-state index contributed by atoms with van der Waals surface area (Å²) in [5, 5.41) is 14.0. The second-order valence-electron chi connectivity index (χ2n) is 7.49. The molecule has 0 saturated carbocycles. The van der Waals surface area contributed by atoms with Crippen LogP contribution in [-0.2, 0) is 16.1 Å². The van der Waals surface area contributed by atoms with E-state index in [1.165, 1.54) is 49.6 Å². The van der Waals surface area contributed by atoms with Crippen molar-refractivity contribution in [2.45, 2.75) is 6.54 Å². The number of esters is 2. The number of nitro groups is 1. The smallest absolute Gasteiger partial charge is 0.373 e. The number of hydrogen-bond donors (Lipinski definition) is 1. The predicted molar refractivity (Wildman–Crippen MR) is 129 cm³/mol. The molecule has 0 unspecified atom stereocenters. The molecule has 1 N–H and O–H groups in total. The molecular formula is C24H16BrN3O9. The molecule has 1 aromatic heterocycles. The zero-order chi connectivity index (χ0) is 26.7. The van der Waals surface area contributed by atoms with Crippen LogP contribution in [0.15, 0.2) is 69.2 Å². The van der Waals surface area contributed by atoms with E-state index in [-0.39, 0.29) is 34.9 Å². The average molecular weight is 570 g/mol. The largest absolute Gasteiger partial charge is 0.463 e. The zero-order valence-electron chi connectivity index (χ0n) is 18.9. The Morgan fingerprint density at radius 1 is 1.11 bits per heavy atom. The number of ether oxygens (including phenoxy) is 2. The number of amides is 3. The van der Waals surface area contributed by atoms with Crippen LogP contribution < -0.4 is 10.1 Å². The van der Waals surface area contributed by atoms with Crippen molar-refractivity contribution in [3.8, 4) is 5.75 Å². The number of carbonyl (C=O) groups excluding carboxylic acids is 4. The summed E-state index contributed by atoms with van der Waals surface area (Å²) in [6.07, 6.45) is 1.17. The van der Waals surface area contributed by atoms with Crippen LogP contribution in [0, 0.1) is 10.1 Å². The van der Waals surface area contributed by atoms with Crippen molar-refractivity contribution in [3.63, 3.8) is 0 Å². The van der Waals surface area contributed by atoms with Gasteiger partial charge in [0.25, 0.3) is 5.91 Å². The third-order valence-corrected chi connectivity index (χ3v) is 5.65. The molecule has 2 aromatic carbocycles. The van der Waals surface area contributed by atoms with Crippen LogP contribution >= 0.6 is 15.9 Å². The average Bonchev–Trinajstić information content (AvgIpc) is 3.45. The van der Waals surface area contributed by atoms with Crippen molar-refractivity contribution in [3.05, 3.63) is 97.5 Å². The van der Waals surface area contributed by atoms with E-state index in [0.29, 0.717) is 0 Å². The number of imide groups is 1. The van der Waals surface area contributed by atoms with Crippen molar-refractivity contribution in [2.24, 2.45) is 0 Å². The number of para-hydroxylation sites is 1. The first-order valence-electron chi connectivity index (χ1n) is 10.4. The zero-order valence-corrected chi connectivity index (χ0v) is 20.5. The van der Waals surface area contributed by atoms with E-state index in [1.54, 1.807) is 12.1 Å². The van der Waals surface area contributed by atoms with Gasteiger partial charge in [-0.25, -0.2) is 14.4 Å². The number of halogens is 1. The Morgan fingerprint density at radius 2 is 1.84 bits per heavy atom. The van der Waals surface area contributed by atoms with Crippen molar-refractivity contribution in [1.29, 1.82) is 0 Å². The van der Waals surface area contributed by atoms with Crippen LogP contribution in [0.4, 0.5) is 10.5 Å². The lowest BCUT2D eigenvalue weighted by Crippen LogP contribution is -2.30. The van der Waals surface area contributed by atoms with Crippen LogP contribution in [0.5, 0.6) is 5.75 Å². The van der Waals surface area contributed by atoms with Gasteiger partial charge in [-0.1, -0.05) is 28.1 Å². The minimum atomic E-state index is -0.857. The number of rotatable bonds is 7. The first-order chi connectivity index (χ1) is 17.7. The molecule has 1 saturated heterocycles. The predicted octanol–water partition coefficient (Wildman–Crippen LogP) is 4.05. The van der Waals surface area contributed by atoms with E-state index in [0.717, 1.165) is 15.4 Å². The molecule has 0 bridgehead atoms. The lowest BCUT2D eigenvalue weighted by Gasteiger charge is -2.10. The highest BCUT2D eigenvalue weighted by Crippen LogP contribution is 2.34. The minimum absolute atomic E-state index is 0.0103. The van der Waals surface area contributed by atoms with E-state index in [2.05, 4.69) is 26.0 Å². The molecule has 12 nitrogen and oxygen atoms in total.